The Hall–Kier alpha value is -1.03. The van der Waals surface area contributed by atoms with E-state index in [9.17, 15) is 0 Å². The van der Waals surface area contributed by atoms with Crippen molar-refractivity contribution in [3.63, 3.8) is 0 Å². The number of nitrogen functional groups attached to an aromatic ring is 1. The Morgan fingerprint density at radius 2 is 2.00 bits per heavy atom. The molecule has 0 saturated carbocycles. The zero-order valence-electron chi connectivity index (χ0n) is 7.30. The van der Waals surface area contributed by atoms with Gasteiger partial charge in [0.2, 0.25) is 0 Å². The molecule has 68 valence electrons. The van der Waals surface area contributed by atoms with Crippen LogP contribution in [0.3, 0.4) is 0 Å². The number of hydrogen-bond acceptors (Lipinski definition) is 3. The molecule has 2 rings (SSSR count). The van der Waals surface area contributed by atoms with Crippen molar-refractivity contribution in [3.8, 4) is 0 Å². The summed E-state index contributed by atoms with van der Waals surface area (Å²) in [4.78, 5) is 0. The zero-order chi connectivity index (χ0) is 8.97. The number of aromatic amines is 1. The molecular formula is C8H15N3O. The Bertz CT molecular complexity index is 244. The quantitative estimate of drug-likeness (QED) is 0.528. The Labute approximate surface area is 71.8 Å². The van der Waals surface area contributed by atoms with Crippen LogP contribution in [0.5, 0.6) is 0 Å². The molecule has 12 heavy (non-hydrogen) atoms. The van der Waals surface area contributed by atoms with Crippen LogP contribution >= 0.6 is 0 Å². The first-order chi connectivity index (χ1) is 5.88. The molecule has 0 unspecified atom stereocenters. The number of fused-ring (bicyclic) bond motifs is 1. The normalized spacial score (nSPS) is 14.5. The molecule has 4 nitrogen and oxygen atoms in total. The summed E-state index contributed by atoms with van der Waals surface area (Å²) in [5.74, 6) is 0.703. The van der Waals surface area contributed by atoms with Crippen molar-refractivity contribution >= 4 is 5.82 Å². The molecule has 0 bridgehead atoms. The van der Waals surface area contributed by atoms with Crippen molar-refractivity contribution in [2.75, 3.05) is 12.8 Å². The molecular weight excluding hydrogens is 154 g/mol. The van der Waals surface area contributed by atoms with Gasteiger partial charge in [0.25, 0.3) is 0 Å². The number of aryl methyl sites for hydroxylation is 1. The van der Waals surface area contributed by atoms with Gasteiger partial charge in [-0.25, -0.2) is 0 Å². The second-order valence-corrected chi connectivity index (χ2v) is 2.77. The molecule has 1 aromatic heterocycles. The van der Waals surface area contributed by atoms with Crippen LogP contribution in [-0.2, 0) is 12.8 Å². The lowest BCUT2D eigenvalue weighted by Crippen LogP contribution is -2.01. The molecule has 1 aliphatic rings. The fourth-order valence-corrected chi connectivity index (χ4v) is 1.51. The SMILES string of the molecule is CO.Nc1n[nH]c2c1CCCC2. The van der Waals surface area contributed by atoms with Gasteiger partial charge in [0, 0.05) is 18.4 Å². The highest BCUT2D eigenvalue weighted by atomic mass is 16.2. The van der Waals surface area contributed by atoms with Gasteiger partial charge >= 0.3 is 0 Å². The maximum Gasteiger partial charge on any atom is 0.148 e. The molecule has 0 aromatic carbocycles. The number of nitrogens with two attached hydrogens (primary N) is 1. The maximum atomic E-state index is 7.00. The van der Waals surface area contributed by atoms with E-state index in [0.29, 0.717) is 5.82 Å². The van der Waals surface area contributed by atoms with Crippen molar-refractivity contribution in [1.82, 2.24) is 10.2 Å². The van der Waals surface area contributed by atoms with Gasteiger partial charge in [0.15, 0.2) is 0 Å². The van der Waals surface area contributed by atoms with Crippen molar-refractivity contribution in [1.29, 1.82) is 0 Å². The van der Waals surface area contributed by atoms with E-state index in [2.05, 4.69) is 10.2 Å². The zero-order valence-corrected chi connectivity index (χ0v) is 7.30. The maximum absolute atomic E-state index is 7.00. The Balaban J connectivity index is 0.000000336. The van der Waals surface area contributed by atoms with E-state index in [1.165, 1.54) is 24.1 Å². The van der Waals surface area contributed by atoms with Crippen molar-refractivity contribution in [3.05, 3.63) is 11.3 Å². The minimum atomic E-state index is 0.703. The Morgan fingerprint density at radius 3 is 2.67 bits per heavy atom. The first-order valence-corrected chi connectivity index (χ1v) is 4.14. The molecule has 0 atom stereocenters. The molecule has 4 N–H and O–H groups in total. The smallest absolute Gasteiger partial charge is 0.148 e. The van der Waals surface area contributed by atoms with Crippen LogP contribution in [-0.4, -0.2) is 22.4 Å². The van der Waals surface area contributed by atoms with Crippen LogP contribution < -0.4 is 5.73 Å². The van der Waals surface area contributed by atoms with Gasteiger partial charge in [-0.2, -0.15) is 5.10 Å². The number of hydrogen-bond donors (Lipinski definition) is 3. The number of nitrogens with zero attached hydrogens (tertiary/aromatic N) is 1. The van der Waals surface area contributed by atoms with Crippen LogP contribution in [0.25, 0.3) is 0 Å². The molecule has 1 aliphatic carbocycles. The lowest BCUT2D eigenvalue weighted by atomic mass is 9.98. The van der Waals surface area contributed by atoms with Gasteiger partial charge in [-0.1, -0.05) is 0 Å². The number of anilines is 1. The van der Waals surface area contributed by atoms with Gasteiger partial charge in [-0.3, -0.25) is 5.10 Å². The summed E-state index contributed by atoms with van der Waals surface area (Å²) in [5.41, 5.74) is 8.13. The summed E-state index contributed by atoms with van der Waals surface area (Å²) in [6, 6.07) is 0. The summed E-state index contributed by atoms with van der Waals surface area (Å²) in [6.07, 6.45) is 4.77. The number of aliphatic hydroxyl groups excluding tert-OH is 1. The standard InChI is InChI=1S/C7H11N3.CH4O/c8-7-5-3-1-2-4-6(5)9-10-7;1-2/h1-4H2,(H3,8,9,10);2H,1H3. The Morgan fingerprint density at radius 1 is 1.33 bits per heavy atom. The Kier molecular flexibility index (Phi) is 3.10. The van der Waals surface area contributed by atoms with Crippen molar-refractivity contribution < 1.29 is 5.11 Å². The second kappa shape index (κ2) is 4.11. The molecule has 0 saturated heterocycles. The third kappa shape index (κ3) is 1.58. The van der Waals surface area contributed by atoms with Crippen LogP contribution in [0.2, 0.25) is 0 Å². The molecule has 0 amide bonds. The number of H-pyrrole nitrogens is 1. The molecule has 4 heteroatoms. The van der Waals surface area contributed by atoms with E-state index in [0.717, 1.165) is 20.0 Å². The third-order valence-electron chi connectivity index (χ3n) is 2.09. The molecule has 1 aromatic rings. The summed E-state index contributed by atoms with van der Waals surface area (Å²) in [6.45, 7) is 0. The summed E-state index contributed by atoms with van der Waals surface area (Å²) in [5, 5.41) is 13.9. The molecule has 0 spiro atoms. The van der Waals surface area contributed by atoms with E-state index in [1.807, 2.05) is 0 Å². The molecule has 1 heterocycles. The number of aromatic nitrogens is 2. The molecule has 0 aliphatic heterocycles. The lowest BCUT2D eigenvalue weighted by Gasteiger charge is -2.08. The first-order valence-electron chi connectivity index (χ1n) is 4.14. The van der Waals surface area contributed by atoms with Gasteiger partial charge in [-0.05, 0) is 25.7 Å². The second-order valence-electron chi connectivity index (χ2n) is 2.77. The average Bonchev–Trinajstić information content (AvgIpc) is 2.53. The van der Waals surface area contributed by atoms with Crippen molar-refractivity contribution in [2.24, 2.45) is 0 Å². The van der Waals surface area contributed by atoms with Gasteiger partial charge in [0.05, 0.1) is 0 Å². The third-order valence-corrected chi connectivity index (χ3v) is 2.09. The predicted octanol–water partition coefficient (Wildman–Crippen LogP) is 0.479. The highest BCUT2D eigenvalue weighted by Crippen LogP contribution is 2.22. The topological polar surface area (TPSA) is 74.9 Å². The van der Waals surface area contributed by atoms with E-state index in [1.54, 1.807) is 0 Å². The largest absolute Gasteiger partial charge is 0.400 e. The first kappa shape index (κ1) is 9.06. The monoisotopic (exact) mass is 169 g/mol. The van der Waals surface area contributed by atoms with E-state index in [4.69, 9.17) is 10.8 Å². The van der Waals surface area contributed by atoms with Crippen molar-refractivity contribution in [2.45, 2.75) is 25.7 Å². The van der Waals surface area contributed by atoms with Gasteiger partial charge in [-0.15, -0.1) is 0 Å². The van der Waals surface area contributed by atoms with Gasteiger partial charge in [0.1, 0.15) is 5.82 Å². The minimum absolute atomic E-state index is 0.703. The van der Waals surface area contributed by atoms with Crippen LogP contribution in [0, 0.1) is 0 Å². The van der Waals surface area contributed by atoms with E-state index < -0.39 is 0 Å². The molecule has 0 fully saturated rings. The van der Waals surface area contributed by atoms with Crippen LogP contribution in [0.15, 0.2) is 0 Å². The average molecular weight is 169 g/mol. The fraction of sp³-hybridized carbons (Fsp3) is 0.625. The predicted molar refractivity (Wildman–Crippen MR) is 47.8 cm³/mol. The summed E-state index contributed by atoms with van der Waals surface area (Å²) < 4.78 is 0. The summed E-state index contributed by atoms with van der Waals surface area (Å²) in [7, 11) is 1.00. The van der Waals surface area contributed by atoms with Crippen LogP contribution in [0.1, 0.15) is 24.1 Å². The summed E-state index contributed by atoms with van der Waals surface area (Å²) >= 11 is 0. The number of nitrogens with one attached hydrogen (secondary N) is 1. The fourth-order valence-electron chi connectivity index (χ4n) is 1.51. The highest BCUT2D eigenvalue weighted by molar-refractivity contribution is 5.42. The minimum Gasteiger partial charge on any atom is -0.400 e. The van der Waals surface area contributed by atoms with E-state index >= 15 is 0 Å². The highest BCUT2D eigenvalue weighted by Gasteiger charge is 2.13. The van der Waals surface area contributed by atoms with E-state index in [-0.39, 0.29) is 0 Å². The van der Waals surface area contributed by atoms with Crippen LogP contribution in [0.4, 0.5) is 5.82 Å². The van der Waals surface area contributed by atoms with Gasteiger partial charge < -0.3 is 10.8 Å². The number of rotatable bonds is 0. The lowest BCUT2D eigenvalue weighted by molar-refractivity contribution is 0.399. The number of aliphatic hydroxyl groups is 1. The molecule has 0 radical (unpaired) electrons.